The van der Waals surface area contributed by atoms with Crippen molar-refractivity contribution in [3.05, 3.63) is 74.1 Å². The summed E-state index contributed by atoms with van der Waals surface area (Å²) in [6, 6.07) is 10.6. The topological polar surface area (TPSA) is 136 Å². The second-order valence-corrected chi connectivity index (χ2v) is 11.2. The molecule has 1 aromatic carbocycles. The predicted molar refractivity (Wildman–Crippen MR) is 159 cm³/mol. The number of anilines is 1. The second-order valence-electron chi connectivity index (χ2n) is 11.2. The first kappa shape index (κ1) is 30.0. The summed E-state index contributed by atoms with van der Waals surface area (Å²) in [6.07, 6.45) is 9.63. The molecule has 1 aliphatic heterocycles. The van der Waals surface area contributed by atoms with Gasteiger partial charge in [-0.15, -0.1) is 6.42 Å². The highest BCUT2D eigenvalue weighted by atomic mass is 19.3. The average molecular weight is 586 g/mol. The van der Waals surface area contributed by atoms with E-state index in [0.29, 0.717) is 87.1 Å². The number of hydrogen-bond acceptors (Lipinski definition) is 7. The molecule has 0 bridgehead atoms. The standard InChI is InChI=1S/C31H33F2N9O/c1-2-14-41-16-8-23(9-17-41)31(32,33)24-6-3-5-22(18-24)7-13-36-27-25-19-26(30(20-34)10-11-30)29(43)42(15-4-12-39-40-35)28(25)38-21-37-27/h1,3,5-6,18-19,21,23H,4,7-17H2,(H,36,37,38). The number of fused-ring (bicyclic) bond motifs is 1. The molecule has 1 aliphatic carbocycles. The number of halogens is 2. The van der Waals surface area contributed by atoms with Gasteiger partial charge in [-0.25, -0.2) is 18.7 Å². The van der Waals surface area contributed by atoms with E-state index in [1.54, 1.807) is 18.2 Å². The molecule has 0 unspecified atom stereocenters. The van der Waals surface area contributed by atoms with E-state index in [0.717, 1.165) is 5.56 Å². The second kappa shape index (κ2) is 12.8. The predicted octanol–water partition coefficient (Wildman–Crippen LogP) is 5.14. The van der Waals surface area contributed by atoms with Crippen molar-refractivity contribution < 1.29 is 8.78 Å². The normalized spacial score (nSPS) is 16.7. The summed E-state index contributed by atoms with van der Waals surface area (Å²) in [6.45, 7) is 2.51. The van der Waals surface area contributed by atoms with E-state index in [2.05, 4.69) is 37.3 Å². The molecule has 3 aromatic rings. The van der Waals surface area contributed by atoms with Crippen molar-refractivity contribution in [1.82, 2.24) is 19.4 Å². The molecule has 2 fully saturated rings. The molecule has 0 atom stereocenters. The Morgan fingerprint density at radius 3 is 2.74 bits per heavy atom. The van der Waals surface area contributed by atoms with E-state index < -0.39 is 17.3 Å². The number of piperidine rings is 1. The van der Waals surface area contributed by atoms with Gasteiger partial charge in [0.1, 0.15) is 17.8 Å². The van der Waals surface area contributed by atoms with Gasteiger partial charge in [0.15, 0.2) is 0 Å². The van der Waals surface area contributed by atoms with Crippen LogP contribution in [-0.2, 0) is 24.3 Å². The lowest BCUT2D eigenvalue weighted by atomic mass is 9.86. The van der Waals surface area contributed by atoms with Crippen LogP contribution >= 0.6 is 0 Å². The van der Waals surface area contributed by atoms with Crippen LogP contribution in [0, 0.1) is 29.6 Å². The minimum atomic E-state index is -2.94. The van der Waals surface area contributed by atoms with E-state index in [9.17, 15) is 10.1 Å². The van der Waals surface area contributed by atoms with E-state index >= 15 is 8.78 Å². The number of azide groups is 1. The SMILES string of the molecule is C#CCN1CCC(C(F)(F)c2cccc(CCNc3ncnc4c3cc(C3(C#N)CC3)c(=O)n4CCCN=[N+]=[N-])c2)CC1. The zero-order chi connectivity index (χ0) is 30.5. The summed E-state index contributed by atoms with van der Waals surface area (Å²) in [4.78, 5) is 27.0. The summed E-state index contributed by atoms with van der Waals surface area (Å²) in [5, 5.41) is 17.3. The summed E-state index contributed by atoms with van der Waals surface area (Å²) in [5.41, 5.74) is 9.11. The number of pyridine rings is 1. The maximum absolute atomic E-state index is 15.5. The van der Waals surface area contributed by atoms with Crippen LogP contribution in [0.1, 0.15) is 48.8 Å². The van der Waals surface area contributed by atoms with Gasteiger partial charge in [0, 0.05) is 41.6 Å². The van der Waals surface area contributed by atoms with Crippen LogP contribution in [0.3, 0.4) is 0 Å². The Morgan fingerprint density at radius 1 is 1.26 bits per heavy atom. The molecule has 1 N–H and O–H groups in total. The Labute approximate surface area is 248 Å². The van der Waals surface area contributed by atoms with Gasteiger partial charge in [-0.1, -0.05) is 29.2 Å². The van der Waals surface area contributed by atoms with Crippen LogP contribution in [-0.4, -0.2) is 52.2 Å². The zero-order valence-corrected chi connectivity index (χ0v) is 23.8. The van der Waals surface area contributed by atoms with Crippen LogP contribution < -0.4 is 10.9 Å². The largest absolute Gasteiger partial charge is 0.369 e. The number of aromatic nitrogens is 3. The molecule has 222 valence electrons. The number of nitrogens with one attached hydrogen (secondary N) is 1. The van der Waals surface area contributed by atoms with Crippen molar-refractivity contribution in [2.24, 2.45) is 11.0 Å². The molecule has 0 spiro atoms. The fraction of sp³-hybridized carbons (Fsp3) is 0.484. The molecular formula is C31H33F2N9O. The summed E-state index contributed by atoms with van der Waals surface area (Å²) in [7, 11) is 0. The number of alkyl halides is 2. The molecule has 10 nitrogen and oxygen atoms in total. The fourth-order valence-corrected chi connectivity index (χ4v) is 5.86. The monoisotopic (exact) mass is 585 g/mol. The number of terminal acetylenes is 1. The lowest BCUT2D eigenvalue weighted by Gasteiger charge is -2.35. The molecule has 3 heterocycles. The van der Waals surface area contributed by atoms with Crippen LogP contribution in [0.4, 0.5) is 14.6 Å². The minimum Gasteiger partial charge on any atom is -0.369 e. The molecule has 2 aromatic heterocycles. The number of likely N-dealkylation sites (tertiary alicyclic amines) is 1. The molecular weight excluding hydrogens is 552 g/mol. The van der Waals surface area contributed by atoms with Crippen molar-refractivity contribution in [3.8, 4) is 18.4 Å². The summed E-state index contributed by atoms with van der Waals surface area (Å²) < 4.78 is 32.5. The maximum atomic E-state index is 15.5. The van der Waals surface area contributed by atoms with Gasteiger partial charge in [-0.2, -0.15) is 5.26 Å². The highest BCUT2D eigenvalue weighted by Crippen LogP contribution is 2.47. The highest BCUT2D eigenvalue weighted by molar-refractivity contribution is 5.87. The number of hydrogen-bond donors (Lipinski definition) is 1. The van der Waals surface area contributed by atoms with Crippen molar-refractivity contribution in [2.45, 2.75) is 56.4 Å². The number of benzene rings is 1. The third-order valence-corrected chi connectivity index (χ3v) is 8.50. The van der Waals surface area contributed by atoms with E-state index in [-0.39, 0.29) is 24.2 Å². The molecule has 0 amide bonds. The van der Waals surface area contributed by atoms with Gasteiger partial charge in [-0.05, 0) is 74.8 Å². The summed E-state index contributed by atoms with van der Waals surface area (Å²) >= 11 is 0. The van der Waals surface area contributed by atoms with Crippen molar-refractivity contribution in [2.75, 3.05) is 38.0 Å². The van der Waals surface area contributed by atoms with Gasteiger partial charge in [0.2, 0.25) is 0 Å². The molecule has 12 heteroatoms. The first-order chi connectivity index (χ1) is 20.8. The van der Waals surface area contributed by atoms with Gasteiger partial charge in [-0.3, -0.25) is 14.3 Å². The zero-order valence-electron chi connectivity index (χ0n) is 23.8. The van der Waals surface area contributed by atoms with Gasteiger partial charge < -0.3 is 5.32 Å². The van der Waals surface area contributed by atoms with Crippen molar-refractivity contribution in [3.63, 3.8) is 0 Å². The molecule has 1 saturated carbocycles. The summed E-state index contributed by atoms with van der Waals surface area (Å²) in [5.74, 6) is -0.595. The maximum Gasteiger partial charge on any atom is 0.276 e. The Morgan fingerprint density at radius 2 is 2.05 bits per heavy atom. The van der Waals surface area contributed by atoms with E-state index in [1.165, 1.54) is 17.0 Å². The Bertz CT molecular complexity index is 1670. The van der Waals surface area contributed by atoms with Crippen LogP contribution in [0.15, 0.2) is 46.6 Å². The Balaban J connectivity index is 1.34. The lowest BCUT2D eigenvalue weighted by molar-refractivity contribution is -0.0846. The van der Waals surface area contributed by atoms with Gasteiger partial charge in [0.05, 0.1) is 23.4 Å². The smallest absolute Gasteiger partial charge is 0.276 e. The Kier molecular flexibility index (Phi) is 8.91. The third kappa shape index (κ3) is 6.31. The molecule has 0 radical (unpaired) electrons. The van der Waals surface area contributed by atoms with Crippen LogP contribution in [0.2, 0.25) is 0 Å². The molecule has 1 saturated heterocycles. The highest BCUT2D eigenvalue weighted by Gasteiger charge is 2.47. The van der Waals surface area contributed by atoms with Crippen molar-refractivity contribution >= 4 is 16.9 Å². The van der Waals surface area contributed by atoms with Gasteiger partial charge in [0.25, 0.3) is 11.5 Å². The Hall–Kier alpha value is -4.51. The molecule has 5 rings (SSSR count). The number of rotatable bonds is 12. The number of aryl methyl sites for hydroxylation is 1. The minimum absolute atomic E-state index is 0.0218. The lowest BCUT2D eigenvalue weighted by Crippen LogP contribution is -2.39. The molecule has 2 aliphatic rings. The van der Waals surface area contributed by atoms with Crippen LogP contribution in [0.25, 0.3) is 21.5 Å². The van der Waals surface area contributed by atoms with Crippen molar-refractivity contribution in [1.29, 1.82) is 5.26 Å². The van der Waals surface area contributed by atoms with E-state index in [1.807, 2.05) is 11.0 Å². The fourth-order valence-electron chi connectivity index (χ4n) is 5.86. The third-order valence-electron chi connectivity index (χ3n) is 8.50. The number of nitriles is 1. The first-order valence-electron chi connectivity index (χ1n) is 14.5. The number of nitrogens with zero attached hydrogens (tertiary/aromatic N) is 8. The van der Waals surface area contributed by atoms with E-state index in [4.69, 9.17) is 12.0 Å². The molecule has 43 heavy (non-hydrogen) atoms. The van der Waals surface area contributed by atoms with Crippen LogP contribution in [0.5, 0.6) is 0 Å². The quantitative estimate of drug-likeness (QED) is 0.103. The first-order valence-corrected chi connectivity index (χ1v) is 14.5. The van der Waals surface area contributed by atoms with Gasteiger partial charge >= 0.3 is 0 Å². The average Bonchev–Trinajstić information content (AvgIpc) is 3.82.